The third-order valence-electron chi connectivity index (χ3n) is 7.58. The molecule has 35 heavy (non-hydrogen) atoms. The number of amides is 2. The van der Waals surface area contributed by atoms with Crippen LogP contribution in [0.4, 0.5) is 4.79 Å². The summed E-state index contributed by atoms with van der Waals surface area (Å²) in [5.74, 6) is -0.343. The van der Waals surface area contributed by atoms with E-state index in [1.807, 2.05) is 32.8 Å². The summed E-state index contributed by atoms with van der Waals surface area (Å²) in [6.07, 6.45) is 3.13. The van der Waals surface area contributed by atoms with Crippen LogP contribution in [0.2, 0.25) is 0 Å². The second-order valence-electron chi connectivity index (χ2n) is 11.3. The molecule has 9 heteroatoms. The number of epoxide rings is 2. The molecule has 9 nitrogen and oxygen atoms in total. The molecule has 0 aromatic heterocycles. The van der Waals surface area contributed by atoms with E-state index < -0.39 is 23.8 Å². The lowest BCUT2D eigenvalue weighted by Crippen LogP contribution is -2.57. The number of hydrogen-bond acceptors (Lipinski definition) is 7. The van der Waals surface area contributed by atoms with Gasteiger partial charge in [0, 0.05) is 20.2 Å². The van der Waals surface area contributed by atoms with Gasteiger partial charge in [-0.3, -0.25) is 4.79 Å². The number of ether oxygens (including phenoxy) is 4. The summed E-state index contributed by atoms with van der Waals surface area (Å²) < 4.78 is 24.0. The zero-order valence-electron chi connectivity index (χ0n) is 22.7. The predicted octanol–water partition coefficient (Wildman–Crippen LogP) is 2.49. The van der Waals surface area contributed by atoms with E-state index in [1.54, 1.807) is 7.11 Å². The molecule has 1 aliphatic carbocycles. The average molecular weight is 496 g/mol. The van der Waals surface area contributed by atoms with Crippen molar-refractivity contribution in [3.63, 3.8) is 0 Å². The van der Waals surface area contributed by atoms with Gasteiger partial charge < -0.3 is 34.5 Å². The number of rotatable bonds is 11. The first kappa shape index (κ1) is 27.9. The first-order valence-electron chi connectivity index (χ1n) is 12.8. The molecule has 0 aromatic rings. The lowest BCUT2D eigenvalue weighted by Gasteiger charge is -2.42. The first-order chi connectivity index (χ1) is 16.4. The molecule has 2 saturated heterocycles. The molecule has 0 bridgehead atoms. The quantitative estimate of drug-likeness (QED) is 0.335. The van der Waals surface area contributed by atoms with Gasteiger partial charge in [-0.05, 0) is 60.0 Å². The molecule has 2 aliphatic heterocycles. The first-order valence-corrected chi connectivity index (χ1v) is 12.8. The zero-order valence-corrected chi connectivity index (χ0v) is 22.7. The Morgan fingerprint density at radius 1 is 1.26 bits per heavy atom. The van der Waals surface area contributed by atoms with Crippen molar-refractivity contribution >= 4 is 12.0 Å². The normalized spacial score (nSPS) is 34.5. The van der Waals surface area contributed by atoms with E-state index in [4.69, 9.17) is 18.9 Å². The van der Waals surface area contributed by atoms with Gasteiger partial charge in [-0.2, -0.15) is 0 Å². The third-order valence-corrected chi connectivity index (χ3v) is 7.58. The van der Waals surface area contributed by atoms with Crippen LogP contribution in [0.5, 0.6) is 0 Å². The Kier molecular flexibility index (Phi) is 8.89. The van der Waals surface area contributed by atoms with Crippen LogP contribution >= 0.6 is 0 Å². The van der Waals surface area contributed by atoms with Crippen molar-refractivity contribution < 1.29 is 28.5 Å². The summed E-state index contributed by atoms with van der Waals surface area (Å²) >= 11 is 0. The van der Waals surface area contributed by atoms with Gasteiger partial charge in [0.15, 0.2) is 0 Å². The summed E-state index contributed by atoms with van der Waals surface area (Å²) in [5.41, 5.74) is 0.586. The SMILES string of the molecule is CO[C@@H]1[C@H](OC(=O)N[C@@H](C(=O)NCCN(C)C)C(C)C)CC[C@]2(CO2)[C@H]1[C@@]1(C)O[C@@H]1CC=C(C)C. The summed E-state index contributed by atoms with van der Waals surface area (Å²) in [4.78, 5) is 27.6. The van der Waals surface area contributed by atoms with Gasteiger partial charge in [0.1, 0.15) is 29.5 Å². The maximum Gasteiger partial charge on any atom is 0.408 e. The lowest BCUT2D eigenvalue weighted by atomic mass is 9.68. The molecule has 0 unspecified atom stereocenters. The van der Waals surface area contributed by atoms with Crippen molar-refractivity contribution in [2.24, 2.45) is 11.8 Å². The Balaban J connectivity index is 1.64. The summed E-state index contributed by atoms with van der Waals surface area (Å²) in [6, 6.07) is -0.680. The molecule has 0 radical (unpaired) electrons. The Bertz CT molecular complexity index is 792. The highest BCUT2D eigenvalue weighted by molar-refractivity contribution is 5.85. The van der Waals surface area contributed by atoms with Gasteiger partial charge in [0.2, 0.25) is 5.91 Å². The Morgan fingerprint density at radius 2 is 1.94 bits per heavy atom. The Hall–Kier alpha value is -1.68. The smallest absolute Gasteiger partial charge is 0.408 e. The molecule has 0 aromatic carbocycles. The number of hydrogen-bond donors (Lipinski definition) is 2. The number of nitrogens with one attached hydrogen (secondary N) is 2. The van der Waals surface area contributed by atoms with Crippen LogP contribution in [0.15, 0.2) is 11.6 Å². The Labute approximate surface area is 210 Å². The fraction of sp³-hybridized carbons (Fsp3) is 0.846. The van der Waals surface area contributed by atoms with E-state index >= 15 is 0 Å². The number of allylic oxidation sites excluding steroid dienone is 1. The molecular weight excluding hydrogens is 450 g/mol. The fourth-order valence-electron chi connectivity index (χ4n) is 5.42. The molecule has 2 amide bonds. The van der Waals surface area contributed by atoms with Crippen LogP contribution in [-0.2, 0) is 23.7 Å². The van der Waals surface area contributed by atoms with Crippen LogP contribution in [0.25, 0.3) is 0 Å². The van der Waals surface area contributed by atoms with Crippen molar-refractivity contribution in [3.8, 4) is 0 Å². The third kappa shape index (κ3) is 6.56. The van der Waals surface area contributed by atoms with Crippen LogP contribution in [-0.4, -0.2) is 93.4 Å². The zero-order chi connectivity index (χ0) is 26.0. The van der Waals surface area contributed by atoms with E-state index in [2.05, 4.69) is 37.5 Å². The van der Waals surface area contributed by atoms with Crippen molar-refractivity contribution in [2.45, 2.75) is 89.4 Å². The minimum Gasteiger partial charge on any atom is -0.443 e. The van der Waals surface area contributed by atoms with Gasteiger partial charge >= 0.3 is 6.09 Å². The van der Waals surface area contributed by atoms with Gasteiger partial charge in [0.05, 0.1) is 18.6 Å². The maximum absolute atomic E-state index is 12.9. The topological polar surface area (TPSA) is 105 Å². The molecule has 200 valence electrons. The van der Waals surface area contributed by atoms with Gasteiger partial charge in [0.25, 0.3) is 0 Å². The van der Waals surface area contributed by atoms with Crippen molar-refractivity contribution in [2.75, 3.05) is 40.9 Å². The van der Waals surface area contributed by atoms with Crippen LogP contribution in [0, 0.1) is 11.8 Å². The number of alkyl carbamates (subject to hydrolysis) is 1. The van der Waals surface area contributed by atoms with Crippen molar-refractivity contribution in [3.05, 3.63) is 11.6 Å². The standard InChI is InChI=1S/C26H45N3O6/c1-16(2)9-10-19-25(5,35-19)22-21(32-8)18(11-12-26(22)15-33-26)34-24(31)28-20(17(3)4)23(30)27-13-14-29(6)7/h9,17-22H,10-15H2,1-8H3,(H,27,30)(H,28,31)/t18-,19-,20-,21-,22-,25+,26+/m1/s1. The highest BCUT2D eigenvalue weighted by Gasteiger charge is 2.72. The van der Waals surface area contributed by atoms with E-state index in [0.29, 0.717) is 19.6 Å². The molecule has 3 fully saturated rings. The van der Waals surface area contributed by atoms with Crippen LogP contribution in [0.3, 0.4) is 0 Å². The number of carbonyl (C=O) groups excluding carboxylic acids is 2. The molecule has 1 spiro atoms. The predicted molar refractivity (Wildman–Crippen MR) is 133 cm³/mol. The highest BCUT2D eigenvalue weighted by Crippen LogP contribution is 2.59. The monoisotopic (exact) mass is 495 g/mol. The van der Waals surface area contributed by atoms with Crippen LogP contribution < -0.4 is 10.6 Å². The maximum atomic E-state index is 12.9. The second kappa shape index (κ2) is 11.2. The summed E-state index contributed by atoms with van der Waals surface area (Å²) in [6.45, 7) is 12.0. The molecular formula is C26H45N3O6. The molecule has 1 saturated carbocycles. The van der Waals surface area contributed by atoms with Crippen molar-refractivity contribution in [1.82, 2.24) is 15.5 Å². The van der Waals surface area contributed by atoms with Crippen LogP contribution in [0.1, 0.15) is 53.9 Å². The number of methoxy groups -OCH3 is 1. The number of nitrogens with zero attached hydrogens (tertiary/aromatic N) is 1. The molecule has 7 atom stereocenters. The van der Waals surface area contributed by atoms with E-state index in [1.165, 1.54) is 5.57 Å². The van der Waals surface area contributed by atoms with E-state index in [0.717, 1.165) is 19.4 Å². The second-order valence-corrected chi connectivity index (χ2v) is 11.3. The highest BCUT2D eigenvalue weighted by atomic mass is 16.6. The molecule has 3 rings (SSSR count). The molecule has 2 heterocycles. The minimum absolute atomic E-state index is 0.0441. The number of likely N-dealkylation sites (N-methyl/N-ethyl adjacent to an activating group) is 1. The molecule has 2 N–H and O–H groups in total. The van der Waals surface area contributed by atoms with Gasteiger partial charge in [-0.25, -0.2) is 4.79 Å². The summed E-state index contributed by atoms with van der Waals surface area (Å²) in [7, 11) is 5.54. The van der Waals surface area contributed by atoms with Gasteiger partial charge in [-0.15, -0.1) is 0 Å². The fourth-order valence-corrected chi connectivity index (χ4v) is 5.42. The van der Waals surface area contributed by atoms with E-state index in [-0.39, 0.29) is 35.6 Å². The number of carbonyl (C=O) groups is 2. The largest absolute Gasteiger partial charge is 0.443 e. The van der Waals surface area contributed by atoms with Gasteiger partial charge in [-0.1, -0.05) is 25.5 Å². The summed E-state index contributed by atoms with van der Waals surface area (Å²) in [5, 5.41) is 5.67. The Morgan fingerprint density at radius 3 is 2.49 bits per heavy atom. The average Bonchev–Trinajstić information content (AvgIpc) is 3.68. The lowest BCUT2D eigenvalue weighted by molar-refractivity contribution is -0.125. The molecule has 3 aliphatic rings. The minimum atomic E-state index is -0.680. The van der Waals surface area contributed by atoms with E-state index in [9.17, 15) is 9.59 Å². The van der Waals surface area contributed by atoms with Crippen molar-refractivity contribution in [1.29, 1.82) is 0 Å².